The lowest BCUT2D eigenvalue weighted by Gasteiger charge is -2.42. The second-order valence-electron chi connectivity index (χ2n) is 8.78. The molecule has 0 aliphatic rings. The Morgan fingerprint density at radius 2 is 1.68 bits per heavy atom. The molecule has 8 heteroatoms. The van der Waals surface area contributed by atoms with Gasteiger partial charge < -0.3 is 15.1 Å². The van der Waals surface area contributed by atoms with Crippen molar-refractivity contribution in [2.45, 2.75) is 50.8 Å². The summed E-state index contributed by atoms with van der Waals surface area (Å²) in [5.74, 6) is -2.29. The monoisotopic (exact) mass is 485 g/mol. The van der Waals surface area contributed by atoms with Crippen molar-refractivity contribution in [2.75, 3.05) is 0 Å². The number of rotatable bonds is 8. The fraction of sp³-hybridized carbons (Fsp3) is 0.308. The van der Waals surface area contributed by atoms with Crippen molar-refractivity contribution in [2.24, 2.45) is 0 Å². The van der Waals surface area contributed by atoms with E-state index in [4.69, 9.17) is 4.98 Å². The Morgan fingerprint density at radius 3 is 2.15 bits per heavy atom. The SMILES string of the molecule is CCC(C(=O)O)([PH](=O)O)C(C)(O)c1c(-c2ccc(F)cc2)cc(-c2ccccc2)nc1C(C)C. The molecule has 0 amide bonds. The molecule has 3 N–H and O–H groups in total. The van der Waals surface area contributed by atoms with Crippen molar-refractivity contribution in [3.63, 3.8) is 0 Å². The molecule has 34 heavy (non-hydrogen) atoms. The summed E-state index contributed by atoms with van der Waals surface area (Å²) in [5, 5.41) is 19.6. The lowest BCUT2D eigenvalue weighted by atomic mass is 9.74. The molecule has 1 aromatic heterocycles. The van der Waals surface area contributed by atoms with Crippen LogP contribution < -0.4 is 0 Å². The smallest absolute Gasteiger partial charge is 0.322 e. The summed E-state index contributed by atoms with van der Waals surface area (Å²) < 4.78 is 26.3. The van der Waals surface area contributed by atoms with Gasteiger partial charge in [-0.1, -0.05) is 63.2 Å². The minimum Gasteiger partial charge on any atom is -0.480 e. The fourth-order valence-corrected chi connectivity index (χ4v) is 5.50. The third kappa shape index (κ3) is 4.31. The maximum atomic E-state index is 13.7. The van der Waals surface area contributed by atoms with Gasteiger partial charge in [-0.25, -0.2) is 4.39 Å². The number of nitrogens with zero attached hydrogens (tertiary/aromatic N) is 1. The van der Waals surface area contributed by atoms with E-state index >= 15 is 0 Å². The van der Waals surface area contributed by atoms with Crippen molar-refractivity contribution >= 4 is 14.0 Å². The molecule has 2 aromatic carbocycles. The first-order valence-corrected chi connectivity index (χ1v) is 12.4. The van der Waals surface area contributed by atoms with Crippen LogP contribution in [0.15, 0.2) is 60.7 Å². The zero-order valence-corrected chi connectivity index (χ0v) is 20.5. The number of carbonyl (C=O) groups is 1. The van der Waals surface area contributed by atoms with Crippen LogP contribution in [0.3, 0.4) is 0 Å². The number of hydrogen-bond acceptors (Lipinski definition) is 4. The van der Waals surface area contributed by atoms with Gasteiger partial charge in [-0.3, -0.25) is 14.3 Å². The zero-order chi connectivity index (χ0) is 25.3. The number of hydrogen-bond donors (Lipinski definition) is 3. The molecule has 180 valence electrons. The molecule has 3 unspecified atom stereocenters. The number of aliphatic hydroxyl groups is 1. The van der Waals surface area contributed by atoms with Gasteiger partial charge >= 0.3 is 5.97 Å². The molecule has 0 aliphatic carbocycles. The average Bonchev–Trinajstić information content (AvgIpc) is 2.79. The number of carboxylic acid groups (broad SMARTS) is 1. The van der Waals surface area contributed by atoms with Gasteiger partial charge in [0.05, 0.1) is 11.4 Å². The Balaban J connectivity index is 2.49. The standard InChI is InChI=1S/C26H29FNO5P/c1-5-26(24(29)30,34(32)33)25(4,31)22-20(17-11-13-19(27)14-12-17)15-21(28-23(22)16(2)3)18-9-7-6-8-10-18/h6-16,31,34H,5H2,1-4H3,(H,29,30)(H,32,33). The van der Waals surface area contributed by atoms with E-state index in [0.717, 1.165) is 5.56 Å². The first-order chi connectivity index (χ1) is 16.0. The molecule has 3 aromatic rings. The van der Waals surface area contributed by atoms with Crippen molar-refractivity contribution in [1.82, 2.24) is 4.98 Å². The first-order valence-electron chi connectivity index (χ1n) is 11.0. The van der Waals surface area contributed by atoms with Gasteiger partial charge in [-0.15, -0.1) is 0 Å². The molecule has 0 saturated heterocycles. The molecule has 0 bridgehead atoms. The Kier molecular flexibility index (Phi) is 7.41. The van der Waals surface area contributed by atoms with Crippen LogP contribution in [0.25, 0.3) is 22.4 Å². The molecule has 0 fully saturated rings. The maximum absolute atomic E-state index is 13.7. The van der Waals surface area contributed by atoms with Crippen LogP contribution in [0.5, 0.6) is 0 Å². The number of benzene rings is 2. The quantitative estimate of drug-likeness (QED) is 0.359. The third-order valence-corrected chi connectivity index (χ3v) is 8.18. The van der Waals surface area contributed by atoms with Gasteiger partial charge in [0.15, 0.2) is 5.16 Å². The maximum Gasteiger partial charge on any atom is 0.322 e. The van der Waals surface area contributed by atoms with Gasteiger partial charge in [0.2, 0.25) is 8.03 Å². The van der Waals surface area contributed by atoms with Crippen LogP contribution in [0, 0.1) is 5.82 Å². The van der Waals surface area contributed by atoms with Gasteiger partial charge in [-0.05, 0) is 48.6 Å². The van der Waals surface area contributed by atoms with E-state index in [0.29, 0.717) is 22.5 Å². The Morgan fingerprint density at radius 1 is 1.09 bits per heavy atom. The van der Waals surface area contributed by atoms with E-state index in [-0.39, 0.29) is 17.9 Å². The molecule has 3 rings (SSSR count). The molecule has 3 atom stereocenters. The highest BCUT2D eigenvalue weighted by atomic mass is 31.1. The highest BCUT2D eigenvalue weighted by Gasteiger charge is 2.59. The average molecular weight is 485 g/mol. The molecule has 0 saturated carbocycles. The first kappa shape index (κ1) is 25.8. The third-order valence-electron chi connectivity index (χ3n) is 6.40. The van der Waals surface area contributed by atoms with Gasteiger partial charge in [-0.2, -0.15) is 0 Å². The van der Waals surface area contributed by atoms with Gasteiger partial charge in [0.1, 0.15) is 11.4 Å². The van der Waals surface area contributed by atoms with E-state index in [9.17, 15) is 28.9 Å². The number of aliphatic carboxylic acids is 1. The molecular formula is C26H29FNO5P. The molecule has 0 spiro atoms. The Hall–Kier alpha value is -2.86. The minimum absolute atomic E-state index is 0.144. The van der Waals surface area contributed by atoms with Crippen LogP contribution in [-0.4, -0.2) is 31.2 Å². The largest absolute Gasteiger partial charge is 0.480 e. The van der Waals surface area contributed by atoms with E-state index in [1.54, 1.807) is 6.07 Å². The predicted molar refractivity (Wildman–Crippen MR) is 131 cm³/mol. The van der Waals surface area contributed by atoms with Gasteiger partial charge in [0.25, 0.3) is 0 Å². The number of pyridine rings is 1. The number of aromatic nitrogens is 1. The van der Waals surface area contributed by atoms with E-state index in [1.807, 2.05) is 44.2 Å². The minimum atomic E-state index is -3.78. The molecule has 0 radical (unpaired) electrons. The van der Waals surface area contributed by atoms with Crippen molar-refractivity contribution in [1.29, 1.82) is 0 Å². The van der Waals surface area contributed by atoms with Crippen LogP contribution in [0.1, 0.15) is 51.3 Å². The van der Waals surface area contributed by atoms with Crippen molar-refractivity contribution in [3.8, 4) is 22.4 Å². The summed E-state index contributed by atoms with van der Waals surface area (Å²) in [6, 6.07) is 16.6. The highest BCUT2D eigenvalue weighted by Crippen LogP contribution is 2.54. The molecular weight excluding hydrogens is 456 g/mol. The van der Waals surface area contributed by atoms with Crippen LogP contribution in [0.2, 0.25) is 0 Å². The molecule has 0 aliphatic heterocycles. The predicted octanol–water partition coefficient (Wildman–Crippen LogP) is 5.59. The summed E-state index contributed by atoms with van der Waals surface area (Å²) in [5.41, 5.74) is 0.589. The summed E-state index contributed by atoms with van der Waals surface area (Å²) >= 11 is 0. The second-order valence-corrected chi connectivity index (χ2v) is 10.2. The summed E-state index contributed by atoms with van der Waals surface area (Å²) in [6.07, 6.45) is -0.287. The van der Waals surface area contributed by atoms with Crippen molar-refractivity contribution in [3.05, 3.63) is 77.7 Å². The second kappa shape index (κ2) is 9.79. The summed E-state index contributed by atoms with van der Waals surface area (Å²) in [6.45, 7) is 6.41. The lowest BCUT2D eigenvalue weighted by Crippen LogP contribution is -2.53. The number of halogens is 1. The fourth-order valence-electron chi connectivity index (χ4n) is 4.48. The lowest BCUT2D eigenvalue weighted by molar-refractivity contribution is -0.149. The van der Waals surface area contributed by atoms with Crippen molar-refractivity contribution < 1.29 is 28.9 Å². The van der Waals surface area contributed by atoms with E-state index < -0.39 is 30.6 Å². The van der Waals surface area contributed by atoms with E-state index in [1.165, 1.54) is 38.1 Å². The van der Waals surface area contributed by atoms with Crippen LogP contribution in [0.4, 0.5) is 4.39 Å². The zero-order valence-electron chi connectivity index (χ0n) is 19.5. The van der Waals surface area contributed by atoms with Crippen LogP contribution in [-0.2, 0) is 15.0 Å². The van der Waals surface area contributed by atoms with Crippen LogP contribution >= 0.6 is 8.03 Å². The highest BCUT2D eigenvalue weighted by molar-refractivity contribution is 7.41. The summed E-state index contributed by atoms with van der Waals surface area (Å²) in [4.78, 5) is 27.4. The van der Waals surface area contributed by atoms with Gasteiger partial charge in [0, 0.05) is 11.1 Å². The van der Waals surface area contributed by atoms with E-state index in [2.05, 4.69) is 0 Å². The normalized spacial score (nSPS) is 16.0. The topological polar surface area (TPSA) is 108 Å². The number of carboxylic acids is 1. The Bertz CT molecular complexity index is 1200. The Labute approximate surface area is 199 Å². The molecule has 6 nitrogen and oxygen atoms in total. The summed E-state index contributed by atoms with van der Waals surface area (Å²) in [7, 11) is -3.78. The molecule has 1 heterocycles.